The van der Waals surface area contributed by atoms with Crippen LogP contribution < -0.4 is 0 Å². The third-order valence-corrected chi connectivity index (χ3v) is 3.88. The summed E-state index contributed by atoms with van der Waals surface area (Å²) in [7, 11) is 2.64. The Morgan fingerprint density at radius 3 is 2.45 bits per heavy atom. The van der Waals surface area contributed by atoms with E-state index in [-0.39, 0.29) is 11.5 Å². The first-order valence-electron chi connectivity index (χ1n) is 8.12. The molecule has 3 rings (SSSR count). The molecule has 0 spiro atoms. The molecule has 2 heterocycles. The highest BCUT2D eigenvalue weighted by Crippen LogP contribution is 2.24. The van der Waals surface area contributed by atoms with E-state index in [0.717, 1.165) is 15.9 Å². The molecule has 3 aromatic rings. The Kier molecular flexibility index (Phi) is 5.71. The molecule has 29 heavy (non-hydrogen) atoms. The second-order valence-corrected chi connectivity index (χ2v) is 5.81. The van der Waals surface area contributed by atoms with Gasteiger partial charge < -0.3 is 4.42 Å². The van der Waals surface area contributed by atoms with E-state index >= 15 is 0 Å². The van der Waals surface area contributed by atoms with E-state index in [1.807, 2.05) is 0 Å². The number of amides is 1. The SMILES string of the molecule is CN(/N=C/c1ccc(-c2nnc(C(F)F)o2)cc1)C(=O)c1cnn(C)c1C(F)F. The molecule has 0 bridgehead atoms. The van der Waals surface area contributed by atoms with Crippen molar-refractivity contribution in [1.82, 2.24) is 25.0 Å². The lowest BCUT2D eigenvalue weighted by Gasteiger charge is -2.11. The summed E-state index contributed by atoms with van der Waals surface area (Å²) >= 11 is 0. The summed E-state index contributed by atoms with van der Waals surface area (Å²) in [5, 5.41) is 15.3. The zero-order chi connectivity index (χ0) is 21.1. The fourth-order valence-electron chi connectivity index (χ4n) is 2.40. The molecule has 152 valence electrons. The number of aromatic nitrogens is 4. The Balaban J connectivity index is 1.71. The maximum atomic E-state index is 13.1. The molecule has 1 aromatic carbocycles. The summed E-state index contributed by atoms with van der Waals surface area (Å²) < 4.78 is 57.0. The first-order valence-corrected chi connectivity index (χ1v) is 8.12. The van der Waals surface area contributed by atoms with Crippen molar-refractivity contribution in [2.24, 2.45) is 12.1 Å². The Morgan fingerprint density at radius 1 is 1.17 bits per heavy atom. The second-order valence-electron chi connectivity index (χ2n) is 5.81. The monoisotopic (exact) mass is 410 g/mol. The van der Waals surface area contributed by atoms with Gasteiger partial charge in [-0.3, -0.25) is 9.48 Å². The molecule has 0 fully saturated rings. The van der Waals surface area contributed by atoms with Gasteiger partial charge in [-0.25, -0.2) is 13.8 Å². The van der Waals surface area contributed by atoms with Crippen LogP contribution in [0.5, 0.6) is 0 Å². The predicted octanol–water partition coefficient (Wildman–Crippen LogP) is 3.45. The van der Waals surface area contributed by atoms with Crippen LogP contribution in [0, 0.1) is 0 Å². The average Bonchev–Trinajstić information content (AvgIpc) is 3.33. The molecule has 0 aliphatic carbocycles. The van der Waals surface area contributed by atoms with Gasteiger partial charge >= 0.3 is 6.43 Å². The van der Waals surface area contributed by atoms with Crippen LogP contribution in [0.25, 0.3) is 11.5 Å². The van der Waals surface area contributed by atoms with Gasteiger partial charge in [0.1, 0.15) is 5.69 Å². The number of alkyl halides is 4. The highest BCUT2D eigenvalue weighted by molar-refractivity contribution is 5.95. The number of hydrazone groups is 1. The summed E-state index contributed by atoms with van der Waals surface area (Å²) in [6, 6.07) is 6.25. The standard InChI is InChI=1S/C17H14F4N6O2/c1-26-12(13(18)19)11(8-23-26)17(28)27(2)22-7-9-3-5-10(6-4-9)15-24-25-16(29-15)14(20)21/h3-8,13-14H,1-2H3/b22-7+. The van der Waals surface area contributed by atoms with Crippen molar-refractivity contribution in [3.63, 3.8) is 0 Å². The van der Waals surface area contributed by atoms with Gasteiger partial charge in [0.25, 0.3) is 18.2 Å². The summed E-state index contributed by atoms with van der Waals surface area (Å²) in [4.78, 5) is 12.3. The largest absolute Gasteiger partial charge is 0.415 e. The number of hydrogen-bond acceptors (Lipinski definition) is 6. The summed E-state index contributed by atoms with van der Waals surface area (Å²) in [6.45, 7) is 0. The fraction of sp³-hybridized carbons (Fsp3) is 0.235. The van der Waals surface area contributed by atoms with Crippen LogP contribution in [0.4, 0.5) is 17.6 Å². The maximum absolute atomic E-state index is 13.1. The first-order chi connectivity index (χ1) is 13.8. The number of benzene rings is 1. The Morgan fingerprint density at radius 2 is 1.86 bits per heavy atom. The van der Waals surface area contributed by atoms with Crippen molar-refractivity contribution in [3.8, 4) is 11.5 Å². The summed E-state index contributed by atoms with van der Waals surface area (Å²) in [5.74, 6) is -1.58. The highest BCUT2D eigenvalue weighted by atomic mass is 19.3. The van der Waals surface area contributed by atoms with E-state index in [9.17, 15) is 22.4 Å². The normalized spacial score (nSPS) is 11.7. The minimum absolute atomic E-state index is 0.0628. The third-order valence-electron chi connectivity index (χ3n) is 3.88. The van der Waals surface area contributed by atoms with E-state index < -0.39 is 30.3 Å². The maximum Gasteiger partial charge on any atom is 0.314 e. The number of nitrogens with zero attached hydrogens (tertiary/aromatic N) is 6. The molecule has 0 aliphatic heterocycles. The number of carbonyl (C=O) groups is 1. The fourth-order valence-corrected chi connectivity index (χ4v) is 2.40. The van der Waals surface area contributed by atoms with Gasteiger partial charge in [-0.2, -0.15) is 19.0 Å². The third kappa shape index (κ3) is 4.31. The molecule has 12 heteroatoms. The molecule has 1 amide bonds. The number of hydrogen-bond donors (Lipinski definition) is 0. The van der Waals surface area contributed by atoms with Gasteiger partial charge in [-0.15, -0.1) is 10.2 Å². The van der Waals surface area contributed by atoms with Crippen molar-refractivity contribution in [2.45, 2.75) is 12.9 Å². The van der Waals surface area contributed by atoms with E-state index in [1.54, 1.807) is 24.3 Å². The smallest absolute Gasteiger partial charge is 0.314 e. The van der Waals surface area contributed by atoms with E-state index in [2.05, 4.69) is 20.4 Å². The van der Waals surface area contributed by atoms with Crippen LogP contribution in [0.1, 0.15) is 40.4 Å². The van der Waals surface area contributed by atoms with E-state index in [0.29, 0.717) is 11.1 Å². The average molecular weight is 410 g/mol. The van der Waals surface area contributed by atoms with Crippen molar-refractivity contribution in [1.29, 1.82) is 0 Å². The van der Waals surface area contributed by atoms with E-state index in [4.69, 9.17) is 4.42 Å². The van der Waals surface area contributed by atoms with Crippen molar-refractivity contribution < 1.29 is 26.8 Å². The number of carbonyl (C=O) groups excluding carboxylic acids is 1. The lowest BCUT2D eigenvalue weighted by molar-refractivity contribution is 0.0785. The van der Waals surface area contributed by atoms with Crippen molar-refractivity contribution >= 4 is 12.1 Å². The number of aryl methyl sites for hydroxylation is 1. The molecule has 2 aromatic heterocycles. The van der Waals surface area contributed by atoms with Gasteiger partial charge in [0.05, 0.1) is 18.0 Å². The number of rotatable bonds is 6. The van der Waals surface area contributed by atoms with Crippen LogP contribution in [-0.4, -0.2) is 44.2 Å². The summed E-state index contributed by atoms with van der Waals surface area (Å²) in [5.41, 5.74) is 0.234. The van der Waals surface area contributed by atoms with Crippen molar-refractivity contribution in [2.75, 3.05) is 7.05 Å². The van der Waals surface area contributed by atoms with Gasteiger partial charge in [-0.05, 0) is 17.7 Å². The van der Waals surface area contributed by atoms with Gasteiger partial charge in [0, 0.05) is 19.7 Å². The predicted molar refractivity (Wildman–Crippen MR) is 92.5 cm³/mol. The lowest BCUT2D eigenvalue weighted by Crippen LogP contribution is -2.22. The van der Waals surface area contributed by atoms with Crippen LogP contribution >= 0.6 is 0 Å². The molecule has 0 atom stereocenters. The van der Waals surface area contributed by atoms with Crippen LogP contribution in [0.2, 0.25) is 0 Å². The van der Waals surface area contributed by atoms with Gasteiger partial charge in [0.2, 0.25) is 5.89 Å². The molecule has 0 radical (unpaired) electrons. The Bertz CT molecular complexity index is 1030. The van der Waals surface area contributed by atoms with E-state index in [1.165, 1.54) is 20.3 Å². The van der Waals surface area contributed by atoms with Crippen LogP contribution in [0.15, 0.2) is 40.0 Å². The molecular formula is C17H14F4N6O2. The number of halogens is 4. The van der Waals surface area contributed by atoms with Crippen LogP contribution in [-0.2, 0) is 7.05 Å². The molecule has 8 nitrogen and oxygen atoms in total. The van der Waals surface area contributed by atoms with Gasteiger partial charge in [0.15, 0.2) is 0 Å². The summed E-state index contributed by atoms with van der Waals surface area (Å²) in [6.07, 6.45) is -3.33. The minimum atomic E-state index is -2.86. The quantitative estimate of drug-likeness (QED) is 0.353. The minimum Gasteiger partial charge on any atom is -0.415 e. The molecule has 0 saturated carbocycles. The Labute approximate surface area is 161 Å². The topological polar surface area (TPSA) is 89.4 Å². The highest BCUT2D eigenvalue weighted by Gasteiger charge is 2.25. The molecule has 0 saturated heterocycles. The Hall–Kier alpha value is -3.57. The zero-order valence-electron chi connectivity index (χ0n) is 15.1. The second kappa shape index (κ2) is 8.20. The van der Waals surface area contributed by atoms with Crippen molar-refractivity contribution in [3.05, 3.63) is 53.2 Å². The zero-order valence-corrected chi connectivity index (χ0v) is 15.1. The van der Waals surface area contributed by atoms with Gasteiger partial charge in [-0.1, -0.05) is 12.1 Å². The van der Waals surface area contributed by atoms with Crippen LogP contribution in [0.3, 0.4) is 0 Å². The molecule has 0 N–H and O–H groups in total. The first kappa shape index (κ1) is 20.2. The molecule has 0 unspecified atom stereocenters. The lowest BCUT2D eigenvalue weighted by atomic mass is 10.1. The molecule has 0 aliphatic rings. The molecular weight excluding hydrogens is 396 g/mol.